The van der Waals surface area contributed by atoms with Gasteiger partial charge in [0.25, 0.3) is 0 Å². The Morgan fingerprint density at radius 2 is 1.65 bits per heavy atom. The molecule has 0 unspecified atom stereocenters. The first-order valence-electron chi connectivity index (χ1n) is 14.1. The number of nitrogens with zero attached hydrogens (tertiary/aromatic N) is 2. The maximum Gasteiger partial charge on any atom is 0.243 e. The molecule has 0 radical (unpaired) electrons. The van der Waals surface area contributed by atoms with E-state index in [4.69, 9.17) is 27.9 Å². The smallest absolute Gasteiger partial charge is 0.243 e. The number of halogens is 2. The highest BCUT2D eigenvalue weighted by Gasteiger charge is 2.31. The highest BCUT2D eigenvalue weighted by Crippen LogP contribution is 2.31. The minimum Gasteiger partial charge on any atom is -0.497 e. The van der Waals surface area contributed by atoms with Gasteiger partial charge in [0.15, 0.2) is 0 Å². The number of carbonyl (C=O) groups is 2. The van der Waals surface area contributed by atoms with E-state index in [1.54, 1.807) is 18.1 Å². The molecule has 232 valence electrons. The molecule has 1 N–H and O–H groups in total. The monoisotopic (exact) mass is 647 g/mol. The number of rotatable bonds is 15. The van der Waals surface area contributed by atoms with Gasteiger partial charge in [-0.05, 0) is 53.8 Å². The van der Waals surface area contributed by atoms with E-state index in [1.807, 2.05) is 68.4 Å². The van der Waals surface area contributed by atoms with Crippen molar-refractivity contribution in [1.82, 2.24) is 10.2 Å². The summed E-state index contributed by atoms with van der Waals surface area (Å²) in [5, 5.41) is 3.57. The number of carbonyl (C=O) groups excluding carboxylic acids is 2. The lowest BCUT2D eigenvalue weighted by atomic mass is 10.0. The number of methoxy groups -OCH3 is 1. The molecule has 0 spiro atoms. The van der Waals surface area contributed by atoms with Crippen LogP contribution in [0, 0.1) is 5.92 Å². The van der Waals surface area contributed by atoms with Crippen molar-refractivity contribution in [2.45, 2.75) is 45.7 Å². The minimum atomic E-state index is -3.73. The Kier molecular flexibility index (Phi) is 12.7. The van der Waals surface area contributed by atoms with Crippen molar-refractivity contribution in [1.29, 1.82) is 0 Å². The van der Waals surface area contributed by atoms with Crippen molar-refractivity contribution in [2.24, 2.45) is 5.92 Å². The molecule has 0 aromatic heterocycles. The number of nitrogens with one attached hydrogen (secondary N) is 1. The largest absolute Gasteiger partial charge is 0.497 e. The highest BCUT2D eigenvalue weighted by atomic mass is 35.5. The van der Waals surface area contributed by atoms with Crippen molar-refractivity contribution < 1.29 is 22.7 Å². The number of hydrogen-bond acceptors (Lipinski definition) is 5. The fourth-order valence-corrected chi connectivity index (χ4v) is 6.01. The summed E-state index contributed by atoms with van der Waals surface area (Å²) in [5.74, 6) is 0.325. The lowest BCUT2D eigenvalue weighted by Crippen LogP contribution is -2.51. The molecule has 11 heteroatoms. The first-order chi connectivity index (χ1) is 20.4. The maximum atomic E-state index is 14.0. The molecule has 2 amide bonds. The second-order valence-electron chi connectivity index (χ2n) is 10.8. The average molecular weight is 649 g/mol. The van der Waals surface area contributed by atoms with Gasteiger partial charge in [-0.1, -0.05) is 79.5 Å². The third kappa shape index (κ3) is 10.4. The van der Waals surface area contributed by atoms with Gasteiger partial charge in [0.05, 0.1) is 24.1 Å². The van der Waals surface area contributed by atoms with Crippen molar-refractivity contribution in [2.75, 3.05) is 30.8 Å². The molecular formula is C32H39Cl2N3O5S. The predicted octanol–water partition coefficient (Wildman–Crippen LogP) is 5.96. The molecule has 0 aliphatic rings. The van der Waals surface area contributed by atoms with Gasteiger partial charge in [-0.15, -0.1) is 0 Å². The van der Waals surface area contributed by atoms with Gasteiger partial charge >= 0.3 is 0 Å². The van der Waals surface area contributed by atoms with Crippen molar-refractivity contribution >= 4 is 50.7 Å². The van der Waals surface area contributed by atoms with Crippen LogP contribution in [0.5, 0.6) is 5.75 Å². The highest BCUT2D eigenvalue weighted by molar-refractivity contribution is 7.92. The normalized spacial score (nSPS) is 12.1. The van der Waals surface area contributed by atoms with Gasteiger partial charge < -0.3 is 15.0 Å². The number of ether oxygens (including phenoxy) is 1. The molecule has 0 fully saturated rings. The molecule has 3 rings (SSSR count). The van der Waals surface area contributed by atoms with Crippen LogP contribution < -0.4 is 14.4 Å². The second kappa shape index (κ2) is 16.0. The van der Waals surface area contributed by atoms with Crippen LogP contribution >= 0.6 is 23.2 Å². The summed E-state index contributed by atoms with van der Waals surface area (Å²) in [6.45, 7) is 4.64. The van der Waals surface area contributed by atoms with Crippen LogP contribution in [0.3, 0.4) is 0 Å². The first kappa shape index (κ1) is 34.2. The van der Waals surface area contributed by atoms with Crippen molar-refractivity contribution in [3.8, 4) is 5.75 Å². The summed E-state index contributed by atoms with van der Waals surface area (Å²) in [4.78, 5) is 29.2. The molecule has 8 nitrogen and oxygen atoms in total. The maximum absolute atomic E-state index is 14.0. The second-order valence-corrected chi connectivity index (χ2v) is 13.5. The van der Waals surface area contributed by atoms with Crippen LogP contribution in [-0.4, -0.2) is 57.6 Å². The number of hydrogen-bond donors (Lipinski definition) is 1. The Labute approximate surface area is 265 Å². The summed E-state index contributed by atoms with van der Waals surface area (Å²) in [5.41, 5.74) is 1.95. The van der Waals surface area contributed by atoms with E-state index in [9.17, 15) is 18.0 Å². The molecular weight excluding hydrogens is 609 g/mol. The van der Waals surface area contributed by atoms with E-state index < -0.39 is 16.1 Å². The summed E-state index contributed by atoms with van der Waals surface area (Å²) < 4.78 is 31.9. The van der Waals surface area contributed by atoms with E-state index in [0.29, 0.717) is 23.7 Å². The third-order valence-corrected chi connectivity index (χ3v) is 8.51. The van der Waals surface area contributed by atoms with E-state index in [2.05, 4.69) is 5.32 Å². The molecule has 3 aromatic rings. The molecule has 43 heavy (non-hydrogen) atoms. The lowest BCUT2D eigenvalue weighted by Gasteiger charge is -2.32. The molecule has 0 bridgehead atoms. The average Bonchev–Trinajstić information content (AvgIpc) is 2.97. The van der Waals surface area contributed by atoms with E-state index in [0.717, 1.165) is 21.7 Å². The third-order valence-electron chi connectivity index (χ3n) is 6.77. The fourth-order valence-electron chi connectivity index (χ4n) is 4.60. The Morgan fingerprint density at radius 1 is 0.953 bits per heavy atom. The Balaban J connectivity index is 1.92. The first-order valence-corrected chi connectivity index (χ1v) is 16.7. The van der Waals surface area contributed by atoms with Gasteiger partial charge in [0, 0.05) is 37.5 Å². The lowest BCUT2D eigenvalue weighted by molar-refractivity contribution is -0.141. The van der Waals surface area contributed by atoms with Gasteiger partial charge in [-0.25, -0.2) is 8.42 Å². The van der Waals surface area contributed by atoms with Crippen LogP contribution in [0.25, 0.3) is 0 Å². The zero-order chi connectivity index (χ0) is 31.6. The van der Waals surface area contributed by atoms with Gasteiger partial charge in [0.2, 0.25) is 21.8 Å². The number of amides is 2. The zero-order valence-electron chi connectivity index (χ0n) is 24.9. The van der Waals surface area contributed by atoms with E-state index in [1.165, 1.54) is 12.1 Å². The molecule has 0 aliphatic heterocycles. The van der Waals surface area contributed by atoms with Crippen LogP contribution in [0.2, 0.25) is 10.0 Å². The number of sulfonamides is 1. The van der Waals surface area contributed by atoms with Crippen LogP contribution in [0.4, 0.5) is 5.69 Å². The van der Waals surface area contributed by atoms with Crippen LogP contribution in [-0.2, 0) is 32.6 Å². The Morgan fingerprint density at radius 3 is 2.30 bits per heavy atom. The van der Waals surface area contributed by atoms with Gasteiger partial charge in [-0.3, -0.25) is 13.9 Å². The summed E-state index contributed by atoms with van der Waals surface area (Å²) >= 11 is 12.4. The quantitative estimate of drug-likeness (QED) is 0.220. The molecule has 3 aromatic carbocycles. The Hall–Kier alpha value is -3.27. The summed E-state index contributed by atoms with van der Waals surface area (Å²) in [6.07, 6.45) is 1.58. The van der Waals surface area contributed by atoms with E-state index >= 15 is 0 Å². The topological polar surface area (TPSA) is 96.0 Å². The molecule has 0 saturated heterocycles. The van der Waals surface area contributed by atoms with Gasteiger partial charge in [0.1, 0.15) is 11.8 Å². The van der Waals surface area contributed by atoms with Gasteiger partial charge in [-0.2, -0.15) is 0 Å². The summed E-state index contributed by atoms with van der Waals surface area (Å²) in [6, 6.07) is 20.7. The molecule has 0 saturated carbocycles. The standard InChI is InChI=1S/C32H39Cl2N3O5S/c1-23(2)21-35-32(39)30(19-24-10-6-5-7-11-24)36(22-25-12-8-13-27(18-25)42-3)31(38)14-9-17-37(43(4,40)41)29-20-26(33)15-16-28(29)34/h5-8,10-13,15-16,18,20,23,30H,9,14,17,19,21-22H2,1-4H3,(H,35,39)/t30-/m1/s1. The molecule has 0 aliphatic carbocycles. The Bertz CT molecular complexity index is 1490. The van der Waals surface area contributed by atoms with Crippen LogP contribution in [0.15, 0.2) is 72.8 Å². The number of benzene rings is 3. The molecule has 1 atom stereocenters. The fraction of sp³-hybridized carbons (Fsp3) is 0.375. The van der Waals surface area contributed by atoms with E-state index in [-0.39, 0.29) is 54.4 Å². The zero-order valence-corrected chi connectivity index (χ0v) is 27.3. The summed E-state index contributed by atoms with van der Waals surface area (Å²) in [7, 11) is -2.16. The van der Waals surface area contributed by atoms with Crippen molar-refractivity contribution in [3.63, 3.8) is 0 Å². The number of anilines is 1. The molecule has 0 heterocycles. The SMILES string of the molecule is COc1cccc(CN(C(=O)CCCN(c2cc(Cl)ccc2Cl)S(C)(=O)=O)[C@H](Cc2ccccc2)C(=O)NCC(C)C)c1. The predicted molar refractivity (Wildman–Crippen MR) is 173 cm³/mol. The van der Waals surface area contributed by atoms with Crippen molar-refractivity contribution in [3.05, 3.63) is 94.0 Å². The minimum absolute atomic E-state index is 0.000529. The van der Waals surface area contributed by atoms with Crippen LogP contribution in [0.1, 0.15) is 37.8 Å².